The molecule has 0 saturated heterocycles. The molecule has 10 nitrogen and oxygen atoms in total. The molecular formula is C24H31N3O7. The topological polar surface area (TPSA) is 140 Å². The predicted octanol–water partition coefficient (Wildman–Crippen LogP) is 1.96. The SMILES string of the molecule is CCCOc1ccc(C(=O)CCC(=O)OCC(=O)c2c(N)n(CC(C)C)c(=O)n(C)c2=O)cc1. The molecule has 0 amide bonds. The average Bonchev–Trinajstić information content (AvgIpc) is 2.81. The highest BCUT2D eigenvalue weighted by molar-refractivity contribution is 6.01. The summed E-state index contributed by atoms with van der Waals surface area (Å²) in [5.74, 6) is -1.42. The van der Waals surface area contributed by atoms with Gasteiger partial charge in [-0.05, 0) is 36.6 Å². The first-order valence-corrected chi connectivity index (χ1v) is 11.1. The third-order valence-corrected chi connectivity index (χ3v) is 4.98. The van der Waals surface area contributed by atoms with Crippen molar-refractivity contribution in [1.29, 1.82) is 0 Å². The summed E-state index contributed by atoms with van der Waals surface area (Å²) in [4.78, 5) is 61.7. The molecule has 0 aliphatic rings. The normalized spacial score (nSPS) is 10.9. The Morgan fingerprint density at radius 2 is 1.68 bits per heavy atom. The third-order valence-electron chi connectivity index (χ3n) is 4.98. The van der Waals surface area contributed by atoms with Gasteiger partial charge in [0.25, 0.3) is 5.56 Å². The Hall–Kier alpha value is -3.69. The third kappa shape index (κ3) is 6.66. The summed E-state index contributed by atoms with van der Waals surface area (Å²) in [7, 11) is 1.25. The Morgan fingerprint density at radius 1 is 1.03 bits per heavy atom. The van der Waals surface area contributed by atoms with Gasteiger partial charge in [0.05, 0.1) is 13.0 Å². The van der Waals surface area contributed by atoms with Crippen LogP contribution in [0.5, 0.6) is 5.75 Å². The highest BCUT2D eigenvalue weighted by atomic mass is 16.5. The van der Waals surface area contributed by atoms with E-state index in [1.54, 1.807) is 24.3 Å². The zero-order chi connectivity index (χ0) is 25.4. The summed E-state index contributed by atoms with van der Waals surface area (Å²) in [5, 5.41) is 0. The van der Waals surface area contributed by atoms with Gasteiger partial charge in [0.1, 0.15) is 17.1 Å². The Morgan fingerprint density at radius 3 is 2.26 bits per heavy atom. The van der Waals surface area contributed by atoms with Gasteiger partial charge in [-0.25, -0.2) is 4.79 Å². The van der Waals surface area contributed by atoms with E-state index in [0.717, 1.165) is 15.6 Å². The van der Waals surface area contributed by atoms with Crippen LogP contribution in [0.4, 0.5) is 5.82 Å². The van der Waals surface area contributed by atoms with Crippen LogP contribution < -0.4 is 21.7 Å². The average molecular weight is 474 g/mol. The minimum Gasteiger partial charge on any atom is -0.494 e. The quantitative estimate of drug-likeness (QED) is 0.364. The fourth-order valence-corrected chi connectivity index (χ4v) is 3.19. The molecule has 0 saturated carbocycles. The number of carbonyl (C=O) groups is 3. The molecule has 0 aliphatic heterocycles. The lowest BCUT2D eigenvalue weighted by atomic mass is 10.1. The van der Waals surface area contributed by atoms with E-state index in [9.17, 15) is 24.0 Å². The van der Waals surface area contributed by atoms with Gasteiger partial charge in [0.2, 0.25) is 5.78 Å². The van der Waals surface area contributed by atoms with Crippen LogP contribution in [-0.2, 0) is 23.1 Å². The molecule has 1 aromatic heterocycles. The maximum atomic E-state index is 12.6. The van der Waals surface area contributed by atoms with Gasteiger partial charge >= 0.3 is 11.7 Å². The number of aromatic nitrogens is 2. The van der Waals surface area contributed by atoms with Crippen molar-refractivity contribution in [3.05, 3.63) is 56.2 Å². The Kier molecular flexibility index (Phi) is 9.35. The molecule has 2 rings (SSSR count). The van der Waals surface area contributed by atoms with E-state index in [1.807, 2.05) is 20.8 Å². The van der Waals surface area contributed by atoms with E-state index in [0.29, 0.717) is 17.9 Å². The molecule has 1 heterocycles. The van der Waals surface area contributed by atoms with Crippen LogP contribution in [0.25, 0.3) is 0 Å². The second-order valence-corrected chi connectivity index (χ2v) is 8.29. The molecule has 0 unspecified atom stereocenters. The fourth-order valence-electron chi connectivity index (χ4n) is 3.19. The van der Waals surface area contributed by atoms with Crippen molar-refractivity contribution in [3.63, 3.8) is 0 Å². The van der Waals surface area contributed by atoms with E-state index in [2.05, 4.69) is 0 Å². The minimum absolute atomic E-state index is 0.0379. The maximum Gasteiger partial charge on any atom is 0.332 e. The predicted molar refractivity (Wildman–Crippen MR) is 126 cm³/mol. The second-order valence-electron chi connectivity index (χ2n) is 8.29. The van der Waals surface area contributed by atoms with Crippen molar-refractivity contribution >= 4 is 23.4 Å². The van der Waals surface area contributed by atoms with Crippen LogP contribution in [0.15, 0.2) is 33.9 Å². The number of nitrogens with two attached hydrogens (primary N) is 1. The molecule has 184 valence electrons. The van der Waals surface area contributed by atoms with Gasteiger partial charge in [0.15, 0.2) is 12.4 Å². The van der Waals surface area contributed by atoms with E-state index < -0.39 is 35.2 Å². The molecule has 0 spiro atoms. The molecule has 2 aromatic rings. The van der Waals surface area contributed by atoms with Gasteiger partial charge < -0.3 is 15.2 Å². The number of hydrogen-bond acceptors (Lipinski definition) is 8. The van der Waals surface area contributed by atoms with Gasteiger partial charge in [-0.15, -0.1) is 0 Å². The maximum absolute atomic E-state index is 12.6. The molecule has 1 aromatic carbocycles. The van der Waals surface area contributed by atoms with Gasteiger partial charge in [0, 0.05) is 25.6 Å². The number of ketones is 2. The van der Waals surface area contributed by atoms with Crippen LogP contribution in [0.1, 0.15) is 60.7 Å². The monoisotopic (exact) mass is 473 g/mol. The number of esters is 1. The summed E-state index contributed by atoms with van der Waals surface area (Å²) in [5.41, 5.74) is 4.48. The van der Waals surface area contributed by atoms with Crippen molar-refractivity contribution in [2.24, 2.45) is 13.0 Å². The van der Waals surface area contributed by atoms with Crippen LogP contribution in [0.2, 0.25) is 0 Å². The Labute approximate surface area is 197 Å². The molecule has 0 fully saturated rings. The van der Waals surface area contributed by atoms with E-state index in [-0.39, 0.29) is 36.9 Å². The largest absolute Gasteiger partial charge is 0.494 e. The lowest BCUT2D eigenvalue weighted by Gasteiger charge is -2.16. The van der Waals surface area contributed by atoms with Gasteiger partial charge in [-0.1, -0.05) is 20.8 Å². The molecule has 0 aliphatic carbocycles. The zero-order valence-electron chi connectivity index (χ0n) is 20.0. The van der Waals surface area contributed by atoms with Crippen molar-refractivity contribution in [2.45, 2.75) is 46.6 Å². The van der Waals surface area contributed by atoms with Crippen LogP contribution in [0, 0.1) is 5.92 Å². The van der Waals surface area contributed by atoms with Gasteiger partial charge in [-0.2, -0.15) is 0 Å². The minimum atomic E-state index is -0.856. The summed E-state index contributed by atoms with van der Waals surface area (Å²) in [6, 6.07) is 6.60. The standard InChI is InChI=1S/C24H31N3O7/c1-5-12-33-17-8-6-16(7-9-17)18(28)10-11-20(30)34-14-19(29)21-22(25)27(13-15(2)3)24(32)26(4)23(21)31/h6-9,15H,5,10-14,25H2,1-4H3. The summed E-state index contributed by atoms with van der Waals surface area (Å²) in [6.07, 6.45) is 0.528. The zero-order valence-corrected chi connectivity index (χ0v) is 20.0. The number of anilines is 1. The van der Waals surface area contributed by atoms with Gasteiger partial charge in [-0.3, -0.25) is 28.3 Å². The lowest BCUT2D eigenvalue weighted by molar-refractivity contribution is -0.142. The highest BCUT2D eigenvalue weighted by Crippen LogP contribution is 2.15. The van der Waals surface area contributed by atoms with E-state index >= 15 is 0 Å². The van der Waals surface area contributed by atoms with Crippen molar-refractivity contribution in [1.82, 2.24) is 9.13 Å². The molecule has 0 atom stereocenters. The number of hydrogen-bond donors (Lipinski definition) is 1. The number of benzene rings is 1. The molecule has 0 radical (unpaired) electrons. The number of carbonyl (C=O) groups excluding carboxylic acids is 3. The molecular weight excluding hydrogens is 442 g/mol. The van der Waals surface area contributed by atoms with Crippen molar-refractivity contribution < 1.29 is 23.9 Å². The summed E-state index contributed by atoms with van der Waals surface area (Å²) < 4.78 is 12.4. The number of rotatable bonds is 12. The smallest absolute Gasteiger partial charge is 0.332 e. The lowest BCUT2D eigenvalue weighted by Crippen LogP contribution is -2.43. The first kappa shape index (κ1) is 26.6. The fraction of sp³-hybridized carbons (Fsp3) is 0.458. The first-order chi connectivity index (χ1) is 16.1. The number of ether oxygens (including phenoxy) is 2. The van der Waals surface area contributed by atoms with Crippen molar-refractivity contribution in [2.75, 3.05) is 18.9 Å². The van der Waals surface area contributed by atoms with Crippen LogP contribution in [-0.4, -0.2) is 39.9 Å². The highest BCUT2D eigenvalue weighted by Gasteiger charge is 2.23. The van der Waals surface area contributed by atoms with Crippen LogP contribution >= 0.6 is 0 Å². The number of nitrogens with zero attached hydrogens (tertiary/aromatic N) is 2. The van der Waals surface area contributed by atoms with Crippen LogP contribution in [0.3, 0.4) is 0 Å². The molecule has 34 heavy (non-hydrogen) atoms. The molecule has 0 bridgehead atoms. The molecule has 2 N–H and O–H groups in total. The Bertz CT molecular complexity index is 1160. The number of nitrogen functional groups attached to an aromatic ring is 1. The van der Waals surface area contributed by atoms with Crippen molar-refractivity contribution in [3.8, 4) is 5.75 Å². The number of Topliss-reactive ketones (excluding diaryl/α,β-unsaturated/α-hetero) is 2. The summed E-state index contributed by atoms with van der Waals surface area (Å²) >= 11 is 0. The van der Waals surface area contributed by atoms with E-state index in [4.69, 9.17) is 15.2 Å². The second kappa shape index (κ2) is 12.0. The molecule has 10 heteroatoms. The Balaban J connectivity index is 1.98. The van der Waals surface area contributed by atoms with E-state index in [1.165, 1.54) is 7.05 Å². The first-order valence-electron chi connectivity index (χ1n) is 11.1. The summed E-state index contributed by atoms with van der Waals surface area (Å²) in [6.45, 7) is 5.77.